The first-order valence-electron chi connectivity index (χ1n) is 9.15. The summed E-state index contributed by atoms with van der Waals surface area (Å²) in [4.78, 5) is 33.7. The number of furan rings is 1. The highest BCUT2D eigenvalue weighted by molar-refractivity contribution is 6.23. The Morgan fingerprint density at radius 2 is 1.61 bits per heavy atom. The van der Waals surface area contributed by atoms with Gasteiger partial charge in [-0.15, -0.1) is 0 Å². The third kappa shape index (κ3) is 2.38. The van der Waals surface area contributed by atoms with Crippen LogP contribution in [0, 0.1) is 12.8 Å². The Labute approximate surface area is 161 Å². The fourth-order valence-electron chi connectivity index (χ4n) is 4.01. The summed E-state index contributed by atoms with van der Waals surface area (Å²) in [7, 11) is 0. The van der Waals surface area contributed by atoms with Gasteiger partial charge in [0.2, 0.25) is 5.91 Å². The number of imide groups is 1. The third-order valence-electron chi connectivity index (χ3n) is 5.32. The summed E-state index contributed by atoms with van der Waals surface area (Å²) in [5.41, 5.74) is 2.35. The van der Waals surface area contributed by atoms with Crippen molar-refractivity contribution in [3.05, 3.63) is 84.3 Å². The van der Waals surface area contributed by atoms with Crippen molar-refractivity contribution in [2.45, 2.75) is 19.1 Å². The van der Waals surface area contributed by atoms with E-state index in [0.717, 1.165) is 11.3 Å². The van der Waals surface area contributed by atoms with Crippen molar-refractivity contribution in [1.29, 1.82) is 0 Å². The summed E-state index contributed by atoms with van der Waals surface area (Å²) in [6, 6.07) is 19.7. The van der Waals surface area contributed by atoms with Gasteiger partial charge in [0.05, 0.1) is 17.6 Å². The van der Waals surface area contributed by atoms with Gasteiger partial charge in [0.1, 0.15) is 17.7 Å². The molecule has 3 atom stereocenters. The van der Waals surface area contributed by atoms with Gasteiger partial charge in [-0.1, -0.05) is 36.4 Å². The molecule has 0 N–H and O–H groups in total. The van der Waals surface area contributed by atoms with Crippen LogP contribution < -0.4 is 9.96 Å². The van der Waals surface area contributed by atoms with E-state index >= 15 is 0 Å². The number of aryl methyl sites for hydroxylation is 1. The lowest BCUT2D eigenvalue weighted by Crippen LogP contribution is -2.37. The molecule has 0 saturated carbocycles. The highest BCUT2D eigenvalue weighted by Gasteiger charge is 2.61. The van der Waals surface area contributed by atoms with E-state index in [1.165, 1.54) is 4.90 Å². The zero-order valence-corrected chi connectivity index (χ0v) is 15.2. The molecule has 0 radical (unpaired) electrons. The van der Waals surface area contributed by atoms with E-state index in [1.54, 1.807) is 41.7 Å². The summed E-state index contributed by atoms with van der Waals surface area (Å²) in [6.45, 7) is 1.96. The molecule has 2 amide bonds. The zero-order chi connectivity index (χ0) is 19.3. The van der Waals surface area contributed by atoms with Crippen molar-refractivity contribution in [3.63, 3.8) is 0 Å². The summed E-state index contributed by atoms with van der Waals surface area (Å²) < 4.78 is 5.64. The topological polar surface area (TPSA) is 63.0 Å². The molecule has 28 heavy (non-hydrogen) atoms. The highest BCUT2D eigenvalue weighted by atomic mass is 16.7. The second kappa shape index (κ2) is 6.35. The number of carbonyl (C=O) groups is 2. The Morgan fingerprint density at radius 3 is 2.32 bits per heavy atom. The SMILES string of the molecule is Cc1ccccc1N1O[C@@H]2C(=O)N(c3ccccc3)C(=O)[C@@H]2[C@@H]1c1ccco1. The van der Waals surface area contributed by atoms with Gasteiger partial charge in [0, 0.05) is 0 Å². The normalized spacial score (nSPS) is 24.1. The predicted molar refractivity (Wildman–Crippen MR) is 102 cm³/mol. The first-order valence-corrected chi connectivity index (χ1v) is 9.15. The largest absolute Gasteiger partial charge is 0.467 e. The minimum atomic E-state index is -0.887. The van der Waals surface area contributed by atoms with Crippen LogP contribution in [0.25, 0.3) is 0 Å². The van der Waals surface area contributed by atoms with Crippen LogP contribution in [-0.4, -0.2) is 17.9 Å². The van der Waals surface area contributed by atoms with Gasteiger partial charge >= 0.3 is 0 Å². The molecular weight excluding hydrogens is 356 g/mol. The van der Waals surface area contributed by atoms with Gasteiger partial charge in [0.25, 0.3) is 5.91 Å². The molecule has 0 spiro atoms. The average molecular weight is 374 g/mol. The number of para-hydroxylation sites is 2. The van der Waals surface area contributed by atoms with E-state index in [0.29, 0.717) is 11.4 Å². The standard InChI is InChI=1S/C22H18N2O4/c1-14-8-5-6-11-16(14)24-19(17-12-7-13-27-17)18-20(28-24)22(26)23(21(18)25)15-9-3-2-4-10-15/h2-13,18-20H,1H3/t18-,19+,20+/m1/s1. The summed E-state index contributed by atoms with van der Waals surface area (Å²) in [6.07, 6.45) is 0.678. The van der Waals surface area contributed by atoms with Crippen molar-refractivity contribution >= 4 is 23.2 Å². The lowest BCUT2D eigenvalue weighted by atomic mass is 9.94. The van der Waals surface area contributed by atoms with Crippen LogP contribution in [-0.2, 0) is 14.4 Å². The number of anilines is 2. The average Bonchev–Trinajstić information content (AvgIpc) is 3.41. The van der Waals surface area contributed by atoms with E-state index in [-0.39, 0.29) is 11.8 Å². The molecule has 6 nitrogen and oxygen atoms in total. The molecule has 0 bridgehead atoms. The third-order valence-corrected chi connectivity index (χ3v) is 5.32. The van der Waals surface area contributed by atoms with Crippen LogP contribution >= 0.6 is 0 Å². The molecule has 2 fully saturated rings. The fourth-order valence-corrected chi connectivity index (χ4v) is 4.01. The molecule has 140 valence electrons. The van der Waals surface area contributed by atoms with Crippen molar-refractivity contribution in [2.75, 3.05) is 9.96 Å². The van der Waals surface area contributed by atoms with E-state index in [9.17, 15) is 9.59 Å². The van der Waals surface area contributed by atoms with Crippen LogP contribution in [0.1, 0.15) is 17.4 Å². The number of hydrogen-bond donors (Lipinski definition) is 0. The zero-order valence-electron chi connectivity index (χ0n) is 15.2. The lowest BCUT2D eigenvalue weighted by molar-refractivity contribution is -0.126. The number of amides is 2. The number of rotatable bonds is 3. The smallest absolute Gasteiger partial charge is 0.266 e. The maximum absolute atomic E-state index is 13.3. The van der Waals surface area contributed by atoms with Crippen molar-refractivity contribution < 1.29 is 18.8 Å². The first kappa shape index (κ1) is 16.8. The second-order valence-electron chi connectivity index (χ2n) is 6.97. The van der Waals surface area contributed by atoms with Gasteiger partial charge in [-0.3, -0.25) is 14.4 Å². The van der Waals surface area contributed by atoms with Crippen LogP contribution in [0.15, 0.2) is 77.4 Å². The maximum Gasteiger partial charge on any atom is 0.266 e. The molecule has 2 aliphatic heterocycles. The summed E-state index contributed by atoms with van der Waals surface area (Å²) in [5, 5.41) is 1.65. The monoisotopic (exact) mass is 374 g/mol. The summed E-state index contributed by atoms with van der Waals surface area (Å²) >= 11 is 0. The molecule has 5 rings (SSSR count). The lowest BCUT2D eigenvalue weighted by Gasteiger charge is -2.28. The predicted octanol–water partition coefficient (Wildman–Crippen LogP) is 3.64. The molecule has 3 aromatic rings. The number of carbonyl (C=O) groups excluding carboxylic acids is 2. The molecule has 0 unspecified atom stereocenters. The van der Waals surface area contributed by atoms with E-state index < -0.39 is 18.1 Å². The number of fused-ring (bicyclic) bond motifs is 1. The van der Waals surface area contributed by atoms with Crippen LogP contribution in [0.4, 0.5) is 11.4 Å². The first-order chi connectivity index (χ1) is 13.7. The molecule has 6 heteroatoms. The second-order valence-corrected chi connectivity index (χ2v) is 6.97. The van der Waals surface area contributed by atoms with E-state index in [2.05, 4.69) is 0 Å². The molecule has 2 saturated heterocycles. The molecule has 3 heterocycles. The van der Waals surface area contributed by atoms with Crippen molar-refractivity contribution in [3.8, 4) is 0 Å². The summed E-state index contributed by atoms with van der Waals surface area (Å²) in [5.74, 6) is -0.724. The molecule has 0 aliphatic carbocycles. The van der Waals surface area contributed by atoms with Gasteiger partial charge < -0.3 is 4.42 Å². The van der Waals surface area contributed by atoms with Crippen molar-refractivity contribution in [2.24, 2.45) is 5.92 Å². The quantitative estimate of drug-likeness (QED) is 0.655. The minimum absolute atomic E-state index is 0.279. The van der Waals surface area contributed by atoms with E-state index in [4.69, 9.17) is 9.25 Å². The minimum Gasteiger partial charge on any atom is -0.467 e. The van der Waals surface area contributed by atoms with Gasteiger partial charge in [-0.05, 0) is 42.8 Å². The van der Waals surface area contributed by atoms with Gasteiger partial charge in [-0.25, -0.2) is 9.96 Å². The molecule has 1 aromatic heterocycles. The Balaban J connectivity index is 1.59. The molecule has 2 aliphatic rings. The van der Waals surface area contributed by atoms with E-state index in [1.807, 2.05) is 43.3 Å². The van der Waals surface area contributed by atoms with Crippen molar-refractivity contribution in [1.82, 2.24) is 0 Å². The fraction of sp³-hybridized carbons (Fsp3) is 0.182. The Bertz CT molecular complexity index is 1030. The number of hydrogen-bond acceptors (Lipinski definition) is 5. The maximum atomic E-state index is 13.3. The number of nitrogens with zero attached hydrogens (tertiary/aromatic N) is 2. The highest BCUT2D eigenvalue weighted by Crippen LogP contribution is 2.48. The Hall–Kier alpha value is -3.38. The Kier molecular flexibility index (Phi) is 3.80. The van der Waals surface area contributed by atoms with Crippen LogP contribution in [0.3, 0.4) is 0 Å². The van der Waals surface area contributed by atoms with Gasteiger partial charge in [0.15, 0.2) is 6.10 Å². The molecule has 2 aromatic carbocycles. The number of benzene rings is 2. The van der Waals surface area contributed by atoms with Crippen LogP contribution in [0.5, 0.6) is 0 Å². The molecular formula is C22H18N2O4. The Morgan fingerprint density at radius 1 is 0.857 bits per heavy atom. The van der Waals surface area contributed by atoms with Gasteiger partial charge in [-0.2, -0.15) is 0 Å². The van der Waals surface area contributed by atoms with Crippen LogP contribution in [0.2, 0.25) is 0 Å². The number of hydroxylamine groups is 1.